The molecule has 1 atom stereocenters. The van der Waals surface area contributed by atoms with E-state index in [-0.39, 0.29) is 43.0 Å². The highest BCUT2D eigenvalue weighted by Crippen LogP contribution is 2.50. The smallest absolute Gasteiger partial charge is 0.374 e. The monoisotopic (exact) mass is 530 g/mol. The predicted molar refractivity (Wildman–Crippen MR) is 120 cm³/mol. The Kier molecular flexibility index (Phi) is 6.99. The third-order valence-corrected chi connectivity index (χ3v) is 6.56. The molecule has 1 aliphatic heterocycles. The molecule has 0 aliphatic carbocycles. The molecule has 166 valence electrons. The summed E-state index contributed by atoms with van der Waals surface area (Å²) in [5.74, 6) is -0.331. The maximum atomic E-state index is 14.1. The van der Waals surface area contributed by atoms with Gasteiger partial charge in [0.15, 0.2) is 0 Å². The van der Waals surface area contributed by atoms with Crippen LogP contribution in [0, 0.1) is 0 Å². The van der Waals surface area contributed by atoms with Crippen molar-refractivity contribution in [3.8, 4) is 0 Å². The van der Waals surface area contributed by atoms with Crippen molar-refractivity contribution in [2.75, 3.05) is 17.7 Å². The quantitative estimate of drug-likeness (QED) is 0.349. The lowest BCUT2D eigenvalue weighted by Gasteiger charge is -2.30. The molecule has 0 fully saturated rings. The number of rotatable bonds is 4. The Morgan fingerprint density at radius 3 is 2.29 bits per heavy atom. The average Bonchev–Trinajstić information content (AvgIpc) is 3.17. The van der Waals surface area contributed by atoms with Gasteiger partial charge in [-0.25, -0.2) is 0 Å². The maximum Gasteiger partial charge on any atom is 0.435 e. The number of hydrogen-bond donors (Lipinski definition) is 1. The van der Waals surface area contributed by atoms with Gasteiger partial charge in [0, 0.05) is 24.6 Å². The summed E-state index contributed by atoms with van der Waals surface area (Å²) in [4.78, 5) is 18.1. The van der Waals surface area contributed by atoms with E-state index in [1.165, 1.54) is 30.1 Å². The van der Waals surface area contributed by atoms with Gasteiger partial charge >= 0.3 is 6.18 Å². The predicted octanol–water partition coefficient (Wildman–Crippen LogP) is 6.78. The van der Waals surface area contributed by atoms with Gasteiger partial charge in [-0.2, -0.15) is 25.8 Å². The lowest BCUT2D eigenvalue weighted by Crippen LogP contribution is -2.42. The maximum absolute atomic E-state index is 14.1. The first-order valence-electron chi connectivity index (χ1n) is 8.55. The third-order valence-electron chi connectivity index (χ3n) is 4.79. The van der Waals surface area contributed by atoms with Crippen LogP contribution in [0.5, 0.6) is 0 Å². The van der Waals surface area contributed by atoms with Crippen molar-refractivity contribution < 1.29 is 22.8 Å². The number of hydrogen-bond acceptors (Lipinski definition) is 4. The number of benzene rings is 2. The Morgan fingerprint density at radius 2 is 1.77 bits per heavy atom. The summed E-state index contributed by atoms with van der Waals surface area (Å²) in [5, 5.41) is 3.48. The van der Waals surface area contributed by atoms with Crippen molar-refractivity contribution in [3.05, 3.63) is 61.5 Å². The molecule has 1 aliphatic rings. The van der Waals surface area contributed by atoms with E-state index >= 15 is 0 Å². The minimum atomic E-state index is -4.85. The van der Waals surface area contributed by atoms with Crippen molar-refractivity contribution in [2.24, 2.45) is 5.16 Å². The number of nitrogens with zero attached hydrogens (tertiary/aromatic N) is 2. The van der Waals surface area contributed by atoms with E-state index in [1.54, 1.807) is 0 Å². The Labute approximate surface area is 201 Å². The van der Waals surface area contributed by atoms with Gasteiger partial charge < -0.3 is 9.74 Å². The topological polar surface area (TPSA) is 41.9 Å². The van der Waals surface area contributed by atoms with E-state index in [1.807, 2.05) is 0 Å². The molecule has 0 aromatic heterocycles. The molecule has 31 heavy (non-hydrogen) atoms. The number of carbonyl (C=O) groups excluding carboxylic acids is 1. The van der Waals surface area contributed by atoms with Gasteiger partial charge in [0.25, 0.3) is 5.60 Å². The Hall–Kier alpha value is -1.32. The van der Waals surface area contributed by atoms with Crippen LogP contribution >= 0.6 is 59.0 Å². The van der Waals surface area contributed by atoms with Crippen LogP contribution in [0.3, 0.4) is 0 Å². The number of amides is 1. The number of thiol groups is 1. The molecule has 1 heterocycles. The van der Waals surface area contributed by atoms with E-state index in [4.69, 9.17) is 51.2 Å². The Balaban J connectivity index is 1.98. The average molecular weight is 532 g/mol. The second-order valence-electron chi connectivity index (χ2n) is 6.66. The van der Waals surface area contributed by atoms with Gasteiger partial charge in [-0.15, -0.1) is 0 Å². The van der Waals surface area contributed by atoms with E-state index in [0.717, 1.165) is 12.1 Å². The first-order chi connectivity index (χ1) is 14.4. The van der Waals surface area contributed by atoms with Gasteiger partial charge in [-0.1, -0.05) is 57.6 Å². The summed E-state index contributed by atoms with van der Waals surface area (Å²) >= 11 is 27.9. The highest BCUT2D eigenvalue weighted by Gasteiger charge is 2.62. The number of halogens is 7. The molecule has 0 spiro atoms. The van der Waals surface area contributed by atoms with Gasteiger partial charge in [0.05, 0.1) is 37.2 Å². The molecule has 0 bridgehead atoms. The largest absolute Gasteiger partial charge is 0.435 e. The molecule has 0 N–H and O–H groups in total. The molecule has 3 rings (SSSR count). The SMILES string of the molecule is CN(C(=O)CS)c1ccc(C2=NOC(c3cc(Cl)c(Cl)c(Cl)c3)(C(F)(F)F)C2)cc1Cl. The Bertz CT molecular complexity index is 1060. The van der Waals surface area contributed by atoms with Gasteiger partial charge in [0.2, 0.25) is 5.91 Å². The second kappa shape index (κ2) is 8.90. The summed E-state index contributed by atoms with van der Waals surface area (Å²) in [6.07, 6.45) is -5.49. The zero-order valence-corrected chi connectivity index (χ0v) is 19.5. The molecule has 2 aromatic carbocycles. The van der Waals surface area contributed by atoms with Crippen LogP contribution in [0.1, 0.15) is 17.5 Å². The summed E-state index contributed by atoms with van der Waals surface area (Å²) < 4.78 is 42.4. The number of alkyl halides is 3. The molecule has 0 saturated carbocycles. The van der Waals surface area contributed by atoms with Gasteiger partial charge in [-0.3, -0.25) is 4.79 Å². The zero-order valence-electron chi connectivity index (χ0n) is 15.6. The van der Waals surface area contributed by atoms with E-state index in [9.17, 15) is 18.0 Å². The van der Waals surface area contributed by atoms with Crippen LogP contribution in [0.15, 0.2) is 35.5 Å². The lowest BCUT2D eigenvalue weighted by atomic mass is 9.86. The van der Waals surface area contributed by atoms with Crippen LogP contribution in [-0.4, -0.2) is 30.6 Å². The fourth-order valence-corrected chi connectivity index (χ4v) is 4.16. The molecular formula is C19H13Cl4F3N2O2S. The molecule has 0 radical (unpaired) electrons. The van der Waals surface area contributed by atoms with Crippen molar-refractivity contribution in [3.63, 3.8) is 0 Å². The molecule has 1 unspecified atom stereocenters. The van der Waals surface area contributed by atoms with Crippen LogP contribution in [0.25, 0.3) is 0 Å². The standard InChI is InChI=1S/C19H13Cl4F3N2O2S/c1-28(16(29)8-31)15-3-2-9(4-11(15)20)14-7-18(30-27-14,19(24,25)26)10-5-12(21)17(23)13(22)6-10/h2-6,31H,7-8H2,1H3. The van der Waals surface area contributed by atoms with Crippen molar-refractivity contribution >= 4 is 76.3 Å². The molecule has 4 nitrogen and oxygen atoms in total. The van der Waals surface area contributed by atoms with Gasteiger partial charge in [-0.05, 0) is 24.3 Å². The molecule has 1 amide bonds. The summed E-state index contributed by atoms with van der Waals surface area (Å²) in [6, 6.07) is 6.52. The Morgan fingerprint density at radius 1 is 1.16 bits per heavy atom. The zero-order chi connectivity index (χ0) is 23.1. The van der Waals surface area contributed by atoms with Crippen LogP contribution in [0.4, 0.5) is 18.9 Å². The molecule has 2 aromatic rings. The highest BCUT2D eigenvalue weighted by atomic mass is 35.5. The number of anilines is 1. The third kappa shape index (κ3) is 4.46. The van der Waals surface area contributed by atoms with Crippen molar-refractivity contribution in [2.45, 2.75) is 18.2 Å². The first-order valence-corrected chi connectivity index (χ1v) is 10.7. The van der Waals surface area contributed by atoms with Crippen molar-refractivity contribution in [1.82, 2.24) is 0 Å². The minimum absolute atomic E-state index is 0.0103. The number of oxime groups is 1. The molecule has 0 saturated heterocycles. The van der Waals surface area contributed by atoms with Crippen LogP contribution in [0.2, 0.25) is 20.1 Å². The fourth-order valence-electron chi connectivity index (χ4n) is 3.05. The first kappa shape index (κ1) is 24.3. The summed E-state index contributed by atoms with van der Waals surface area (Å²) in [6.45, 7) is 0. The number of carbonyl (C=O) groups is 1. The van der Waals surface area contributed by atoms with E-state index < -0.39 is 18.2 Å². The summed E-state index contributed by atoms with van der Waals surface area (Å²) in [5.41, 5.74) is -2.44. The molecule has 12 heteroatoms. The summed E-state index contributed by atoms with van der Waals surface area (Å²) in [7, 11) is 1.51. The normalized spacial score (nSPS) is 18.5. The minimum Gasteiger partial charge on any atom is -0.374 e. The van der Waals surface area contributed by atoms with E-state index in [2.05, 4.69) is 17.8 Å². The molecular weight excluding hydrogens is 519 g/mol. The lowest BCUT2D eigenvalue weighted by molar-refractivity contribution is -0.275. The van der Waals surface area contributed by atoms with Crippen molar-refractivity contribution in [1.29, 1.82) is 0 Å². The van der Waals surface area contributed by atoms with Gasteiger partial charge in [0.1, 0.15) is 0 Å². The van der Waals surface area contributed by atoms with E-state index in [0.29, 0.717) is 11.3 Å². The van der Waals surface area contributed by atoms with Crippen LogP contribution < -0.4 is 4.90 Å². The highest BCUT2D eigenvalue weighted by molar-refractivity contribution is 7.81. The fraction of sp³-hybridized carbons (Fsp3) is 0.263. The second-order valence-corrected chi connectivity index (χ2v) is 8.58. The van der Waals surface area contributed by atoms with Crippen LogP contribution in [-0.2, 0) is 15.2 Å².